The molecule has 94 valence electrons. The van der Waals surface area contributed by atoms with Crippen molar-refractivity contribution in [1.82, 2.24) is 9.97 Å². The molecule has 0 bridgehead atoms. The Balaban J connectivity index is 2.07. The van der Waals surface area contributed by atoms with Crippen molar-refractivity contribution in [2.45, 2.75) is 19.9 Å². The molecule has 2 N–H and O–H groups in total. The van der Waals surface area contributed by atoms with Crippen molar-refractivity contribution in [3.63, 3.8) is 0 Å². The van der Waals surface area contributed by atoms with Crippen molar-refractivity contribution < 1.29 is 9.90 Å². The summed E-state index contributed by atoms with van der Waals surface area (Å²) in [4.78, 5) is 19.1. The Bertz CT molecular complexity index is 551. The first-order valence-corrected chi connectivity index (χ1v) is 6.32. The summed E-state index contributed by atoms with van der Waals surface area (Å²) in [7, 11) is 0. The minimum atomic E-state index is -0.974. The van der Waals surface area contributed by atoms with Gasteiger partial charge in [0, 0.05) is 17.3 Å². The first kappa shape index (κ1) is 12.5. The summed E-state index contributed by atoms with van der Waals surface area (Å²) in [6, 6.07) is 3.23. The SMILES string of the molecule is Cc1csc(C(C)Nc2ccc(C(=O)O)cn2)n1. The highest BCUT2D eigenvalue weighted by Crippen LogP contribution is 2.21. The molecule has 2 heterocycles. The van der Waals surface area contributed by atoms with E-state index >= 15 is 0 Å². The van der Waals surface area contributed by atoms with Crippen molar-refractivity contribution in [1.29, 1.82) is 0 Å². The highest BCUT2D eigenvalue weighted by Gasteiger charge is 2.10. The quantitative estimate of drug-likeness (QED) is 0.887. The van der Waals surface area contributed by atoms with E-state index in [1.165, 1.54) is 12.3 Å². The van der Waals surface area contributed by atoms with Gasteiger partial charge in [-0.25, -0.2) is 14.8 Å². The van der Waals surface area contributed by atoms with Gasteiger partial charge in [-0.05, 0) is 26.0 Å². The molecule has 0 fully saturated rings. The molecule has 0 saturated carbocycles. The van der Waals surface area contributed by atoms with Crippen molar-refractivity contribution in [3.05, 3.63) is 40.0 Å². The molecule has 0 spiro atoms. The first-order chi connectivity index (χ1) is 8.56. The van der Waals surface area contributed by atoms with Gasteiger partial charge < -0.3 is 10.4 Å². The van der Waals surface area contributed by atoms with Crippen LogP contribution in [0.15, 0.2) is 23.7 Å². The van der Waals surface area contributed by atoms with Crippen LogP contribution in [0, 0.1) is 6.92 Å². The molecule has 0 radical (unpaired) electrons. The van der Waals surface area contributed by atoms with Crippen LogP contribution in [0.4, 0.5) is 5.82 Å². The first-order valence-electron chi connectivity index (χ1n) is 5.44. The van der Waals surface area contributed by atoms with Crippen molar-refractivity contribution >= 4 is 23.1 Å². The van der Waals surface area contributed by atoms with E-state index in [0.717, 1.165) is 10.7 Å². The zero-order valence-electron chi connectivity index (χ0n) is 10.0. The third-order valence-electron chi connectivity index (χ3n) is 2.38. The molecule has 0 saturated heterocycles. The second-order valence-corrected chi connectivity index (χ2v) is 4.82. The number of nitrogens with zero attached hydrogens (tertiary/aromatic N) is 2. The number of carboxylic acid groups (broad SMARTS) is 1. The Labute approximate surface area is 109 Å². The lowest BCUT2D eigenvalue weighted by Gasteiger charge is -2.11. The molecule has 2 aromatic heterocycles. The van der Waals surface area contributed by atoms with Crippen LogP contribution >= 0.6 is 11.3 Å². The summed E-state index contributed by atoms with van der Waals surface area (Å²) < 4.78 is 0. The number of carboxylic acids is 1. The topological polar surface area (TPSA) is 75.1 Å². The molecule has 1 unspecified atom stereocenters. The van der Waals surface area contributed by atoms with Gasteiger partial charge in [-0.15, -0.1) is 11.3 Å². The predicted octanol–water partition coefficient (Wildman–Crippen LogP) is 2.72. The summed E-state index contributed by atoms with van der Waals surface area (Å²) in [6.45, 7) is 3.94. The van der Waals surface area contributed by atoms with E-state index in [1.54, 1.807) is 17.4 Å². The lowest BCUT2D eigenvalue weighted by Crippen LogP contribution is -2.08. The lowest BCUT2D eigenvalue weighted by atomic mass is 10.3. The van der Waals surface area contributed by atoms with Crippen LogP contribution in [-0.4, -0.2) is 21.0 Å². The van der Waals surface area contributed by atoms with Crippen LogP contribution < -0.4 is 5.32 Å². The summed E-state index contributed by atoms with van der Waals surface area (Å²) >= 11 is 1.59. The van der Waals surface area contributed by atoms with Crippen molar-refractivity contribution in [2.24, 2.45) is 0 Å². The van der Waals surface area contributed by atoms with Crippen LogP contribution in [0.5, 0.6) is 0 Å². The monoisotopic (exact) mass is 263 g/mol. The molecule has 2 rings (SSSR count). The zero-order chi connectivity index (χ0) is 13.1. The van der Waals surface area contributed by atoms with E-state index in [9.17, 15) is 4.79 Å². The Morgan fingerprint density at radius 1 is 1.50 bits per heavy atom. The number of hydrogen-bond donors (Lipinski definition) is 2. The second-order valence-electron chi connectivity index (χ2n) is 3.93. The number of pyridine rings is 1. The minimum absolute atomic E-state index is 0.0480. The van der Waals surface area contributed by atoms with Crippen LogP contribution in [0.25, 0.3) is 0 Å². The molecule has 2 aromatic rings. The third kappa shape index (κ3) is 2.84. The van der Waals surface area contributed by atoms with Crippen molar-refractivity contribution in [3.8, 4) is 0 Å². The van der Waals surface area contributed by atoms with Gasteiger partial charge in [0.2, 0.25) is 0 Å². The molecular weight excluding hydrogens is 250 g/mol. The number of carbonyl (C=O) groups is 1. The van der Waals surface area contributed by atoms with Crippen molar-refractivity contribution in [2.75, 3.05) is 5.32 Å². The normalized spacial score (nSPS) is 12.1. The number of hydrogen-bond acceptors (Lipinski definition) is 5. The molecule has 6 heteroatoms. The largest absolute Gasteiger partial charge is 0.478 e. The fourth-order valence-corrected chi connectivity index (χ4v) is 2.26. The van der Waals surface area contributed by atoms with E-state index in [2.05, 4.69) is 15.3 Å². The lowest BCUT2D eigenvalue weighted by molar-refractivity contribution is 0.0696. The predicted molar refractivity (Wildman–Crippen MR) is 70.1 cm³/mol. The van der Waals surface area contributed by atoms with Gasteiger partial charge in [0.25, 0.3) is 0 Å². The second kappa shape index (κ2) is 5.14. The zero-order valence-corrected chi connectivity index (χ0v) is 10.9. The van der Waals surface area contributed by atoms with Gasteiger partial charge in [0.05, 0.1) is 11.6 Å². The Kier molecular flexibility index (Phi) is 3.57. The van der Waals surface area contributed by atoms with Gasteiger partial charge in [0.1, 0.15) is 10.8 Å². The standard InChI is InChI=1S/C12H13N3O2S/c1-7-6-18-11(14-7)8(2)15-10-4-3-9(5-13-10)12(16)17/h3-6,8H,1-2H3,(H,13,15)(H,16,17). The summed E-state index contributed by atoms with van der Waals surface area (Å²) in [6.07, 6.45) is 1.34. The highest BCUT2D eigenvalue weighted by molar-refractivity contribution is 7.09. The average molecular weight is 263 g/mol. The molecule has 0 aliphatic carbocycles. The summed E-state index contributed by atoms with van der Waals surface area (Å²) in [5.41, 5.74) is 1.18. The van der Waals surface area contributed by atoms with E-state index in [4.69, 9.17) is 5.11 Å². The maximum atomic E-state index is 10.7. The Hall–Kier alpha value is -1.95. The number of aryl methyl sites for hydroxylation is 1. The van der Waals surface area contributed by atoms with E-state index in [1.807, 2.05) is 19.2 Å². The van der Waals surface area contributed by atoms with E-state index < -0.39 is 5.97 Å². The van der Waals surface area contributed by atoms with Gasteiger partial charge in [0.15, 0.2) is 0 Å². The van der Waals surface area contributed by atoms with E-state index in [0.29, 0.717) is 5.82 Å². The number of nitrogens with one attached hydrogen (secondary N) is 1. The van der Waals surface area contributed by atoms with Gasteiger partial charge in [-0.1, -0.05) is 0 Å². The van der Waals surface area contributed by atoms with Gasteiger partial charge in [-0.3, -0.25) is 0 Å². The third-order valence-corrected chi connectivity index (χ3v) is 3.53. The molecular formula is C12H13N3O2S. The fourth-order valence-electron chi connectivity index (χ4n) is 1.46. The fraction of sp³-hybridized carbons (Fsp3) is 0.250. The van der Waals surface area contributed by atoms with Gasteiger partial charge >= 0.3 is 5.97 Å². The van der Waals surface area contributed by atoms with Crippen LogP contribution in [0.3, 0.4) is 0 Å². The maximum absolute atomic E-state index is 10.7. The molecule has 1 atom stereocenters. The Morgan fingerprint density at radius 3 is 2.78 bits per heavy atom. The highest BCUT2D eigenvalue weighted by atomic mass is 32.1. The molecule has 0 aromatic carbocycles. The number of aromatic carboxylic acids is 1. The minimum Gasteiger partial charge on any atom is -0.478 e. The summed E-state index contributed by atoms with van der Waals surface area (Å²) in [5, 5.41) is 14.9. The van der Waals surface area contributed by atoms with Gasteiger partial charge in [-0.2, -0.15) is 0 Å². The van der Waals surface area contributed by atoms with Crippen LogP contribution in [0.2, 0.25) is 0 Å². The number of rotatable bonds is 4. The molecule has 18 heavy (non-hydrogen) atoms. The summed E-state index contributed by atoms with van der Waals surface area (Å²) in [5.74, 6) is -0.335. The Morgan fingerprint density at radius 2 is 2.28 bits per heavy atom. The average Bonchev–Trinajstić information content (AvgIpc) is 2.76. The maximum Gasteiger partial charge on any atom is 0.337 e. The molecule has 0 amide bonds. The van der Waals surface area contributed by atoms with E-state index in [-0.39, 0.29) is 11.6 Å². The number of thiazole rings is 1. The number of anilines is 1. The molecule has 5 nitrogen and oxygen atoms in total. The molecule has 0 aliphatic rings. The van der Waals surface area contributed by atoms with Crippen LogP contribution in [-0.2, 0) is 0 Å². The number of aromatic nitrogens is 2. The molecule has 0 aliphatic heterocycles. The smallest absolute Gasteiger partial charge is 0.337 e. The van der Waals surface area contributed by atoms with Crippen LogP contribution in [0.1, 0.15) is 34.0 Å².